The Morgan fingerprint density at radius 3 is 2.62 bits per heavy atom. The van der Waals surface area contributed by atoms with Crippen molar-refractivity contribution in [1.29, 1.82) is 0 Å². The Labute approximate surface area is 150 Å². The largest absolute Gasteiger partial charge is 0.477 e. The van der Waals surface area contributed by atoms with E-state index >= 15 is 4.39 Å². The van der Waals surface area contributed by atoms with Gasteiger partial charge in [-0.05, 0) is 32.9 Å². The fourth-order valence-electron chi connectivity index (χ4n) is 4.16. The van der Waals surface area contributed by atoms with Gasteiger partial charge in [0.1, 0.15) is 11.4 Å². The Bertz CT molecular complexity index is 961. The maximum atomic E-state index is 15.1. The van der Waals surface area contributed by atoms with Crippen LogP contribution in [0.2, 0.25) is 0 Å². The van der Waals surface area contributed by atoms with Crippen molar-refractivity contribution in [3.63, 3.8) is 0 Å². The molecule has 26 heavy (non-hydrogen) atoms. The molecule has 0 bridgehead atoms. The molecule has 0 unspecified atom stereocenters. The average molecular weight is 359 g/mol. The molecule has 2 aromatic rings. The second-order valence-corrected chi connectivity index (χ2v) is 7.34. The fourth-order valence-corrected chi connectivity index (χ4v) is 4.16. The van der Waals surface area contributed by atoms with Gasteiger partial charge >= 0.3 is 5.97 Å². The van der Waals surface area contributed by atoms with E-state index in [1.807, 2.05) is 18.5 Å². The number of aromatic nitrogens is 1. The van der Waals surface area contributed by atoms with E-state index in [2.05, 4.69) is 9.80 Å². The van der Waals surface area contributed by atoms with Gasteiger partial charge in [0.2, 0.25) is 5.43 Å². The number of anilines is 1. The Balaban J connectivity index is 2.00. The van der Waals surface area contributed by atoms with E-state index in [0.717, 1.165) is 38.2 Å². The highest BCUT2D eigenvalue weighted by atomic mass is 19.1. The molecule has 1 saturated heterocycles. The Kier molecular flexibility index (Phi) is 3.99. The number of pyridine rings is 1. The highest BCUT2D eigenvalue weighted by Gasteiger charge is 2.29. The fraction of sp³-hybridized carbons (Fsp3) is 0.474. The van der Waals surface area contributed by atoms with Gasteiger partial charge in [-0.25, -0.2) is 9.18 Å². The quantitative estimate of drug-likeness (QED) is 0.890. The summed E-state index contributed by atoms with van der Waals surface area (Å²) in [6.07, 6.45) is 2.89. The standard InChI is InChI=1S/C19H22FN3O3/c1-11-3-4-12-16-13(18(24)14(19(25)26)10-23(11)16)9-15(20)17(12)22-7-5-21(2)6-8-22/h9-11H,3-8H2,1-2H3,(H,25,26)/t11-/m1/s1. The summed E-state index contributed by atoms with van der Waals surface area (Å²) in [4.78, 5) is 28.3. The minimum absolute atomic E-state index is 0.0644. The number of hydrogen-bond donors (Lipinski definition) is 1. The number of carbonyl (C=O) groups is 1. The van der Waals surface area contributed by atoms with Crippen LogP contribution in [0.15, 0.2) is 17.1 Å². The van der Waals surface area contributed by atoms with E-state index in [4.69, 9.17) is 0 Å². The number of carboxylic acid groups (broad SMARTS) is 1. The highest BCUT2D eigenvalue weighted by Crippen LogP contribution is 2.38. The van der Waals surface area contributed by atoms with Crippen molar-refractivity contribution in [2.24, 2.45) is 0 Å². The summed E-state index contributed by atoms with van der Waals surface area (Å²) < 4.78 is 16.9. The number of carboxylic acids is 1. The number of hydrogen-bond acceptors (Lipinski definition) is 4. The predicted octanol–water partition coefficient (Wildman–Crippen LogP) is 2.10. The first-order chi connectivity index (χ1) is 12.4. The molecule has 1 N–H and O–H groups in total. The molecule has 138 valence electrons. The number of nitrogens with zero attached hydrogens (tertiary/aromatic N) is 3. The van der Waals surface area contributed by atoms with Gasteiger partial charge in [0.25, 0.3) is 0 Å². The van der Waals surface area contributed by atoms with Crippen LogP contribution in [-0.4, -0.2) is 53.8 Å². The van der Waals surface area contributed by atoms with Crippen LogP contribution in [0.5, 0.6) is 0 Å². The van der Waals surface area contributed by atoms with Crippen LogP contribution in [0.3, 0.4) is 0 Å². The second kappa shape index (κ2) is 6.09. The highest BCUT2D eigenvalue weighted by molar-refractivity contribution is 5.95. The van der Waals surface area contributed by atoms with Crippen molar-refractivity contribution in [2.75, 3.05) is 38.1 Å². The van der Waals surface area contributed by atoms with Crippen molar-refractivity contribution in [3.05, 3.63) is 39.4 Å². The van der Waals surface area contributed by atoms with E-state index in [0.29, 0.717) is 17.6 Å². The van der Waals surface area contributed by atoms with Crippen LogP contribution in [0.4, 0.5) is 10.1 Å². The van der Waals surface area contributed by atoms with Gasteiger partial charge in [-0.2, -0.15) is 0 Å². The van der Waals surface area contributed by atoms with Crippen LogP contribution in [0, 0.1) is 5.82 Å². The van der Waals surface area contributed by atoms with E-state index in [-0.39, 0.29) is 17.0 Å². The molecule has 7 heteroatoms. The molecule has 3 heterocycles. The van der Waals surface area contributed by atoms with Crippen molar-refractivity contribution in [3.8, 4) is 0 Å². The summed E-state index contributed by atoms with van der Waals surface area (Å²) in [5.74, 6) is -1.71. The minimum atomic E-state index is -1.27. The number of aryl methyl sites for hydroxylation is 1. The summed E-state index contributed by atoms with van der Waals surface area (Å²) >= 11 is 0. The first-order valence-corrected chi connectivity index (χ1v) is 8.95. The van der Waals surface area contributed by atoms with E-state index in [1.54, 1.807) is 0 Å². The van der Waals surface area contributed by atoms with Crippen molar-refractivity contribution in [2.45, 2.75) is 25.8 Å². The zero-order valence-corrected chi connectivity index (χ0v) is 15.0. The van der Waals surface area contributed by atoms with Crippen LogP contribution in [0.1, 0.15) is 35.3 Å². The number of halogens is 1. The summed E-state index contributed by atoms with van der Waals surface area (Å²) in [5.41, 5.74) is 1.19. The molecule has 1 atom stereocenters. The van der Waals surface area contributed by atoms with Gasteiger partial charge in [0, 0.05) is 49.4 Å². The normalized spacial score (nSPS) is 20.6. The third-order valence-electron chi connectivity index (χ3n) is 5.68. The molecule has 1 aromatic carbocycles. The van der Waals surface area contributed by atoms with Crippen molar-refractivity contribution < 1.29 is 14.3 Å². The van der Waals surface area contributed by atoms with Crippen LogP contribution in [0.25, 0.3) is 10.9 Å². The first-order valence-electron chi connectivity index (χ1n) is 8.95. The average Bonchev–Trinajstić information content (AvgIpc) is 2.60. The maximum absolute atomic E-state index is 15.1. The molecule has 0 spiro atoms. The minimum Gasteiger partial charge on any atom is -0.477 e. The Hall–Kier alpha value is -2.41. The summed E-state index contributed by atoms with van der Waals surface area (Å²) in [5, 5.41) is 9.52. The van der Waals surface area contributed by atoms with Crippen molar-refractivity contribution >= 4 is 22.6 Å². The lowest BCUT2D eigenvalue weighted by Gasteiger charge is -2.37. The molecule has 0 saturated carbocycles. The number of benzene rings is 1. The lowest BCUT2D eigenvalue weighted by Crippen LogP contribution is -2.45. The lowest BCUT2D eigenvalue weighted by molar-refractivity contribution is 0.0694. The molecule has 2 aliphatic heterocycles. The molecule has 6 nitrogen and oxygen atoms in total. The molecule has 1 aromatic heterocycles. The van der Waals surface area contributed by atoms with Crippen LogP contribution >= 0.6 is 0 Å². The third kappa shape index (κ3) is 2.49. The SMILES string of the molecule is C[C@@H]1CCc2c(N3CCN(C)CC3)c(F)cc3c(=O)c(C(=O)O)cn1c23. The summed E-state index contributed by atoms with van der Waals surface area (Å²) in [6.45, 7) is 5.19. The predicted molar refractivity (Wildman–Crippen MR) is 97.9 cm³/mol. The zero-order chi connectivity index (χ0) is 18.6. The molecule has 0 aliphatic carbocycles. The van der Waals surface area contributed by atoms with E-state index in [9.17, 15) is 14.7 Å². The van der Waals surface area contributed by atoms with E-state index in [1.165, 1.54) is 12.3 Å². The van der Waals surface area contributed by atoms with E-state index < -0.39 is 17.2 Å². The van der Waals surface area contributed by atoms with Crippen molar-refractivity contribution in [1.82, 2.24) is 9.47 Å². The topological polar surface area (TPSA) is 65.8 Å². The number of likely N-dealkylation sites (N-methyl/N-ethyl adjacent to an activating group) is 1. The number of piperazine rings is 1. The van der Waals surface area contributed by atoms with Gasteiger partial charge in [0.05, 0.1) is 11.2 Å². The molecular weight excluding hydrogens is 337 g/mol. The zero-order valence-electron chi connectivity index (χ0n) is 15.0. The molecule has 2 aliphatic rings. The molecule has 0 radical (unpaired) electrons. The molecular formula is C19H22FN3O3. The van der Waals surface area contributed by atoms with Gasteiger partial charge in [-0.15, -0.1) is 0 Å². The van der Waals surface area contributed by atoms with Crippen LogP contribution < -0.4 is 10.3 Å². The maximum Gasteiger partial charge on any atom is 0.341 e. The Morgan fingerprint density at radius 1 is 1.27 bits per heavy atom. The monoisotopic (exact) mass is 359 g/mol. The Morgan fingerprint density at radius 2 is 1.96 bits per heavy atom. The van der Waals surface area contributed by atoms with Gasteiger partial charge in [0.15, 0.2) is 0 Å². The smallest absolute Gasteiger partial charge is 0.341 e. The molecule has 1 fully saturated rings. The third-order valence-corrected chi connectivity index (χ3v) is 5.68. The van der Waals surface area contributed by atoms with Gasteiger partial charge in [-0.3, -0.25) is 4.79 Å². The van der Waals surface area contributed by atoms with Gasteiger partial charge in [-0.1, -0.05) is 0 Å². The molecule has 4 rings (SSSR count). The van der Waals surface area contributed by atoms with Gasteiger partial charge < -0.3 is 19.5 Å². The second-order valence-electron chi connectivity index (χ2n) is 7.34. The van der Waals surface area contributed by atoms with Crippen LogP contribution in [-0.2, 0) is 6.42 Å². The summed E-state index contributed by atoms with van der Waals surface area (Å²) in [7, 11) is 2.05. The first kappa shape index (κ1) is 17.0. The lowest BCUT2D eigenvalue weighted by atomic mass is 9.93. The number of aromatic carboxylic acids is 1. The molecule has 0 amide bonds. The number of rotatable bonds is 2. The summed E-state index contributed by atoms with van der Waals surface area (Å²) in [6, 6.07) is 1.30.